The van der Waals surface area contributed by atoms with E-state index in [9.17, 15) is 0 Å². The number of hydrogen-bond donors (Lipinski definition) is 0. The SMILES string of the molecule is [B]C1=c2ccccc2=C(c2cccc(-c3ccc4ccccc4c3)c2)C2C=CC=CC12. The lowest BCUT2D eigenvalue weighted by molar-refractivity contribution is 0.697. The molecule has 0 saturated heterocycles. The van der Waals surface area contributed by atoms with Crippen LogP contribution in [0.4, 0.5) is 0 Å². The van der Waals surface area contributed by atoms with Gasteiger partial charge in [0.05, 0.1) is 0 Å². The van der Waals surface area contributed by atoms with Gasteiger partial charge in [-0.15, -0.1) is 5.47 Å². The highest BCUT2D eigenvalue weighted by atomic mass is 14.3. The molecule has 0 aliphatic heterocycles. The van der Waals surface area contributed by atoms with E-state index in [0.717, 1.165) is 10.7 Å². The van der Waals surface area contributed by atoms with Gasteiger partial charge < -0.3 is 0 Å². The topological polar surface area (TPSA) is 0 Å². The number of allylic oxidation sites excluding steroid dienone is 4. The van der Waals surface area contributed by atoms with Crippen LogP contribution < -0.4 is 10.4 Å². The van der Waals surface area contributed by atoms with Crippen LogP contribution in [0.5, 0.6) is 0 Å². The van der Waals surface area contributed by atoms with Gasteiger partial charge in [-0.05, 0) is 61.5 Å². The summed E-state index contributed by atoms with van der Waals surface area (Å²) < 4.78 is 0. The van der Waals surface area contributed by atoms with Crippen molar-refractivity contribution in [3.63, 3.8) is 0 Å². The molecule has 2 aliphatic carbocycles. The normalized spacial score (nSPS) is 19.4. The smallest absolute Gasteiger partial charge is 0.102 e. The molecule has 2 radical (unpaired) electrons. The highest BCUT2D eigenvalue weighted by molar-refractivity contribution is 6.39. The average molecular weight is 392 g/mol. The van der Waals surface area contributed by atoms with Crippen LogP contribution in [-0.2, 0) is 0 Å². The van der Waals surface area contributed by atoms with Crippen LogP contribution >= 0.6 is 0 Å². The Hall–Kier alpha value is -3.58. The fourth-order valence-electron chi connectivity index (χ4n) is 5.09. The van der Waals surface area contributed by atoms with Crippen molar-refractivity contribution in [3.05, 3.63) is 131 Å². The van der Waals surface area contributed by atoms with Crippen LogP contribution in [0.25, 0.3) is 32.9 Å². The summed E-state index contributed by atoms with van der Waals surface area (Å²) in [5.41, 5.74) is 6.07. The first-order valence-corrected chi connectivity index (χ1v) is 10.8. The second kappa shape index (κ2) is 7.28. The van der Waals surface area contributed by atoms with Crippen LogP contribution in [-0.4, -0.2) is 7.85 Å². The first-order valence-electron chi connectivity index (χ1n) is 10.8. The standard InChI is InChI=1S/C30H21B/c31-30-27-14-5-3-12-25(27)29(26-13-4-6-15-28(26)30)24-11-7-10-22(19-24)23-17-16-20-8-1-2-9-21(20)18-23/h1-19,25,27H. The molecule has 0 fully saturated rings. The summed E-state index contributed by atoms with van der Waals surface area (Å²) >= 11 is 0. The van der Waals surface area contributed by atoms with Crippen LogP contribution in [0.2, 0.25) is 0 Å². The number of benzene rings is 4. The molecule has 0 bridgehead atoms. The van der Waals surface area contributed by atoms with Crippen LogP contribution in [0.1, 0.15) is 5.56 Å². The van der Waals surface area contributed by atoms with Crippen molar-refractivity contribution in [3.8, 4) is 11.1 Å². The summed E-state index contributed by atoms with van der Waals surface area (Å²) in [5.74, 6) is 0.464. The molecule has 2 aliphatic rings. The number of hydrogen-bond acceptors (Lipinski definition) is 0. The summed E-state index contributed by atoms with van der Waals surface area (Å²) in [6, 6.07) is 32.7. The highest BCUT2D eigenvalue weighted by Gasteiger charge is 2.28. The lowest BCUT2D eigenvalue weighted by atomic mass is 9.66. The Kier molecular flexibility index (Phi) is 4.28. The van der Waals surface area contributed by atoms with E-state index in [0.29, 0.717) is 0 Å². The quantitative estimate of drug-likeness (QED) is 0.403. The Bertz CT molecular complexity index is 1500. The van der Waals surface area contributed by atoms with Gasteiger partial charge in [0.15, 0.2) is 0 Å². The van der Waals surface area contributed by atoms with E-state index in [1.165, 1.54) is 38.3 Å². The maximum atomic E-state index is 6.63. The van der Waals surface area contributed by atoms with Gasteiger partial charge in [0.25, 0.3) is 0 Å². The predicted molar refractivity (Wildman–Crippen MR) is 132 cm³/mol. The van der Waals surface area contributed by atoms with Crippen molar-refractivity contribution in [2.24, 2.45) is 11.8 Å². The maximum Gasteiger partial charge on any atom is 0.109 e. The molecule has 0 N–H and O–H groups in total. The molecular weight excluding hydrogens is 371 g/mol. The van der Waals surface area contributed by atoms with E-state index in [-0.39, 0.29) is 11.8 Å². The second-order valence-corrected chi connectivity index (χ2v) is 8.38. The molecule has 144 valence electrons. The van der Waals surface area contributed by atoms with Crippen LogP contribution in [0, 0.1) is 11.8 Å². The van der Waals surface area contributed by atoms with Crippen molar-refractivity contribution in [1.29, 1.82) is 0 Å². The Morgan fingerprint density at radius 2 is 1.19 bits per heavy atom. The van der Waals surface area contributed by atoms with Gasteiger partial charge in [-0.25, -0.2) is 0 Å². The third-order valence-electron chi connectivity index (χ3n) is 6.61. The van der Waals surface area contributed by atoms with Crippen molar-refractivity contribution in [2.75, 3.05) is 0 Å². The van der Waals surface area contributed by atoms with E-state index in [1.807, 2.05) is 0 Å². The zero-order valence-electron chi connectivity index (χ0n) is 17.2. The minimum atomic E-state index is 0.208. The molecule has 0 aromatic heterocycles. The molecule has 1 heteroatoms. The lowest BCUT2D eigenvalue weighted by Crippen LogP contribution is -2.40. The van der Waals surface area contributed by atoms with E-state index < -0.39 is 0 Å². The highest BCUT2D eigenvalue weighted by Crippen LogP contribution is 2.37. The third kappa shape index (κ3) is 3.01. The van der Waals surface area contributed by atoms with Crippen molar-refractivity contribution in [2.45, 2.75) is 0 Å². The minimum absolute atomic E-state index is 0.208. The third-order valence-corrected chi connectivity index (χ3v) is 6.61. The van der Waals surface area contributed by atoms with Crippen LogP contribution in [0.15, 0.2) is 115 Å². The molecule has 0 spiro atoms. The summed E-state index contributed by atoms with van der Waals surface area (Å²) in [4.78, 5) is 0. The first-order chi connectivity index (χ1) is 15.3. The number of fused-ring (bicyclic) bond motifs is 3. The van der Waals surface area contributed by atoms with Gasteiger partial charge in [-0.3, -0.25) is 0 Å². The molecule has 0 heterocycles. The Morgan fingerprint density at radius 3 is 2.06 bits per heavy atom. The van der Waals surface area contributed by atoms with E-state index >= 15 is 0 Å². The number of rotatable bonds is 2. The summed E-state index contributed by atoms with van der Waals surface area (Å²) in [6.07, 6.45) is 8.80. The molecule has 31 heavy (non-hydrogen) atoms. The van der Waals surface area contributed by atoms with Gasteiger partial charge in [-0.2, -0.15) is 0 Å². The summed E-state index contributed by atoms with van der Waals surface area (Å²) in [7, 11) is 6.63. The Balaban J connectivity index is 1.57. The summed E-state index contributed by atoms with van der Waals surface area (Å²) in [5, 5.41) is 4.95. The van der Waals surface area contributed by atoms with E-state index in [1.54, 1.807) is 0 Å². The van der Waals surface area contributed by atoms with Gasteiger partial charge in [-0.1, -0.05) is 103 Å². The Labute approximate surface area is 184 Å². The molecule has 0 nitrogen and oxygen atoms in total. The predicted octanol–water partition coefficient (Wildman–Crippen LogP) is 5.35. The second-order valence-electron chi connectivity index (χ2n) is 8.38. The molecule has 2 atom stereocenters. The summed E-state index contributed by atoms with van der Waals surface area (Å²) in [6.45, 7) is 0. The Morgan fingerprint density at radius 1 is 0.516 bits per heavy atom. The molecule has 4 aromatic rings. The maximum absolute atomic E-state index is 6.63. The van der Waals surface area contributed by atoms with Gasteiger partial charge in [0.2, 0.25) is 0 Å². The first kappa shape index (κ1) is 18.2. The van der Waals surface area contributed by atoms with Gasteiger partial charge in [0.1, 0.15) is 7.85 Å². The zero-order valence-corrected chi connectivity index (χ0v) is 17.2. The van der Waals surface area contributed by atoms with E-state index in [2.05, 4.69) is 115 Å². The molecule has 4 aromatic carbocycles. The van der Waals surface area contributed by atoms with Crippen molar-refractivity contribution < 1.29 is 0 Å². The van der Waals surface area contributed by atoms with E-state index in [4.69, 9.17) is 7.85 Å². The van der Waals surface area contributed by atoms with Gasteiger partial charge >= 0.3 is 0 Å². The molecule has 0 saturated carbocycles. The average Bonchev–Trinajstić information content (AvgIpc) is 2.84. The monoisotopic (exact) mass is 392 g/mol. The van der Waals surface area contributed by atoms with Gasteiger partial charge in [0, 0.05) is 5.92 Å². The fourth-order valence-corrected chi connectivity index (χ4v) is 5.09. The fraction of sp³-hybridized carbons (Fsp3) is 0.0667. The molecule has 6 rings (SSSR count). The lowest BCUT2D eigenvalue weighted by Gasteiger charge is -2.32. The molecule has 2 unspecified atom stereocenters. The largest absolute Gasteiger partial charge is 0.109 e. The van der Waals surface area contributed by atoms with Crippen LogP contribution in [0.3, 0.4) is 0 Å². The molecule has 0 amide bonds. The van der Waals surface area contributed by atoms with Crippen molar-refractivity contribution in [1.82, 2.24) is 0 Å². The minimum Gasteiger partial charge on any atom is -0.102 e. The van der Waals surface area contributed by atoms with Crippen molar-refractivity contribution >= 4 is 29.7 Å². The zero-order chi connectivity index (χ0) is 20.8. The molecular formula is C30H21B.